The molecule has 0 spiro atoms. The normalized spacial score (nSPS) is 11.1. The highest BCUT2D eigenvalue weighted by molar-refractivity contribution is 5.93. The lowest BCUT2D eigenvalue weighted by atomic mass is 9.84. The highest BCUT2D eigenvalue weighted by Gasteiger charge is 2.25. The number of carbonyl (C=O) groups is 2. The molecule has 0 unspecified atom stereocenters. The van der Waals surface area contributed by atoms with E-state index >= 15 is 0 Å². The van der Waals surface area contributed by atoms with Gasteiger partial charge in [0, 0.05) is 32.3 Å². The van der Waals surface area contributed by atoms with Gasteiger partial charge < -0.3 is 14.8 Å². The fraction of sp³-hybridized carbons (Fsp3) is 0.350. The number of amides is 2. The first-order valence-electron chi connectivity index (χ1n) is 8.56. The first-order valence-corrected chi connectivity index (χ1v) is 8.56. The molecule has 6 nitrogen and oxygen atoms in total. The molecule has 0 bridgehead atoms. The average molecular weight is 373 g/mol. The summed E-state index contributed by atoms with van der Waals surface area (Å²) >= 11 is 0. The zero-order valence-electron chi connectivity index (χ0n) is 16.0. The predicted molar refractivity (Wildman–Crippen MR) is 101 cm³/mol. The summed E-state index contributed by atoms with van der Waals surface area (Å²) in [6, 6.07) is 9.33. The minimum absolute atomic E-state index is 0.0617. The molecule has 2 aromatic rings. The van der Waals surface area contributed by atoms with Crippen LogP contribution in [0.5, 0.6) is 0 Å². The number of likely N-dealkylation sites (N-methyl/N-ethyl adjacent to an activating group) is 1. The van der Waals surface area contributed by atoms with Crippen molar-refractivity contribution in [3.8, 4) is 0 Å². The molecule has 2 rings (SSSR count). The lowest BCUT2D eigenvalue weighted by Crippen LogP contribution is -2.40. The summed E-state index contributed by atoms with van der Waals surface area (Å²) in [6.07, 6.45) is 1.46. The van der Waals surface area contributed by atoms with Crippen molar-refractivity contribution in [2.45, 2.75) is 25.8 Å². The van der Waals surface area contributed by atoms with Crippen LogP contribution in [-0.4, -0.2) is 41.9 Å². The SMILES string of the molecule is CN(C)C(=O)Cn1cccc(C(=O)NCC(C)(C)c2ccccc2F)c1=O. The van der Waals surface area contributed by atoms with Gasteiger partial charge in [0.1, 0.15) is 17.9 Å². The Bertz CT molecular complexity index is 903. The summed E-state index contributed by atoms with van der Waals surface area (Å²) in [7, 11) is 3.18. The van der Waals surface area contributed by atoms with Crippen molar-refractivity contribution < 1.29 is 14.0 Å². The fourth-order valence-corrected chi connectivity index (χ4v) is 2.62. The van der Waals surface area contributed by atoms with E-state index < -0.39 is 16.9 Å². The van der Waals surface area contributed by atoms with E-state index in [-0.39, 0.29) is 30.4 Å². The summed E-state index contributed by atoms with van der Waals surface area (Å²) in [5, 5.41) is 2.69. The molecule has 0 saturated carbocycles. The van der Waals surface area contributed by atoms with Crippen molar-refractivity contribution in [1.29, 1.82) is 0 Å². The number of nitrogens with zero attached hydrogens (tertiary/aromatic N) is 2. The van der Waals surface area contributed by atoms with Gasteiger partial charge >= 0.3 is 0 Å². The largest absolute Gasteiger partial charge is 0.351 e. The highest BCUT2D eigenvalue weighted by Crippen LogP contribution is 2.24. The number of halogens is 1. The van der Waals surface area contributed by atoms with Crippen LogP contribution in [0.25, 0.3) is 0 Å². The predicted octanol–water partition coefficient (Wildman–Crippen LogP) is 1.78. The quantitative estimate of drug-likeness (QED) is 0.839. The topological polar surface area (TPSA) is 71.4 Å². The maximum absolute atomic E-state index is 14.0. The van der Waals surface area contributed by atoms with Crippen LogP contribution in [0.1, 0.15) is 29.8 Å². The number of carbonyl (C=O) groups excluding carboxylic acids is 2. The van der Waals surface area contributed by atoms with Crippen LogP contribution in [-0.2, 0) is 16.8 Å². The van der Waals surface area contributed by atoms with E-state index in [0.717, 1.165) is 0 Å². The number of benzene rings is 1. The first kappa shape index (κ1) is 20.4. The standard InChI is InChI=1S/C20H24FN3O3/c1-20(2,15-9-5-6-10-16(15)21)13-22-18(26)14-8-7-11-24(19(14)27)12-17(25)23(3)4/h5-11H,12-13H2,1-4H3,(H,22,26). The Kier molecular flexibility index (Phi) is 6.15. The van der Waals surface area contributed by atoms with Gasteiger partial charge in [-0.25, -0.2) is 4.39 Å². The Hall–Kier alpha value is -2.96. The molecular weight excluding hydrogens is 349 g/mol. The van der Waals surface area contributed by atoms with Gasteiger partial charge in [-0.05, 0) is 23.8 Å². The van der Waals surface area contributed by atoms with Crippen molar-refractivity contribution in [2.75, 3.05) is 20.6 Å². The third-order valence-electron chi connectivity index (χ3n) is 4.36. The van der Waals surface area contributed by atoms with Crippen LogP contribution >= 0.6 is 0 Å². The van der Waals surface area contributed by atoms with Gasteiger partial charge in [-0.2, -0.15) is 0 Å². The molecule has 1 heterocycles. The summed E-state index contributed by atoms with van der Waals surface area (Å²) in [4.78, 5) is 38.2. The molecule has 1 aromatic heterocycles. The van der Waals surface area contributed by atoms with Crippen LogP contribution in [0.4, 0.5) is 4.39 Å². The van der Waals surface area contributed by atoms with Gasteiger partial charge in [-0.1, -0.05) is 32.0 Å². The Labute approximate surface area is 157 Å². The van der Waals surface area contributed by atoms with Crippen molar-refractivity contribution in [3.63, 3.8) is 0 Å². The summed E-state index contributed by atoms with van der Waals surface area (Å²) in [5.41, 5.74) is -0.787. The van der Waals surface area contributed by atoms with Crippen molar-refractivity contribution in [2.24, 2.45) is 0 Å². The minimum atomic E-state index is -0.657. The average Bonchev–Trinajstić information content (AvgIpc) is 2.61. The number of hydrogen-bond donors (Lipinski definition) is 1. The summed E-state index contributed by atoms with van der Waals surface area (Å²) < 4.78 is 15.2. The van der Waals surface area contributed by atoms with Crippen molar-refractivity contribution in [1.82, 2.24) is 14.8 Å². The Morgan fingerprint density at radius 1 is 1.15 bits per heavy atom. The fourth-order valence-electron chi connectivity index (χ4n) is 2.62. The first-order chi connectivity index (χ1) is 12.6. The van der Waals surface area contributed by atoms with Gasteiger partial charge in [0.15, 0.2) is 0 Å². The number of hydrogen-bond acceptors (Lipinski definition) is 3. The van der Waals surface area contributed by atoms with Gasteiger partial charge in [-0.15, -0.1) is 0 Å². The van der Waals surface area contributed by atoms with Crippen molar-refractivity contribution >= 4 is 11.8 Å². The molecule has 1 N–H and O–H groups in total. The second-order valence-electron chi connectivity index (χ2n) is 7.19. The van der Waals surface area contributed by atoms with Gasteiger partial charge in [0.25, 0.3) is 11.5 Å². The molecule has 0 fully saturated rings. The van der Waals surface area contributed by atoms with Crippen LogP contribution in [0.3, 0.4) is 0 Å². The van der Waals surface area contributed by atoms with E-state index in [1.807, 2.05) is 13.8 Å². The Balaban J connectivity index is 2.16. The van der Waals surface area contributed by atoms with Crippen LogP contribution in [0.2, 0.25) is 0 Å². The molecule has 27 heavy (non-hydrogen) atoms. The zero-order valence-corrected chi connectivity index (χ0v) is 16.0. The van der Waals surface area contributed by atoms with Crippen LogP contribution in [0.15, 0.2) is 47.4 Å². The van der Waals surface area contributed by atoms with E-state index in [1.54, 1.807) is 38.4 Å². The van der Waals surface area contributed by atoms with E-state index in [4.69, 9.17) is 0 Å². The van der Waals surface area contributed by atoms with Crippen LogP contribution in [0, 0.1) is 5.82 Å². The number of pyridine rings is 1. The maximum Gasteiger partial charge on any atom is 0.263 e. The smallest absolute Gasteiger partial charge is 0.263 e. The summed E-state index contributed by atoms with van der Waals surface area (Å²) in [5.74, 6) is -1.16. The number of aromatic nitrogens is 1. The van der Waals surface area contributed by atoms with E-state index in [2.05, 4.69) is 5.32 Å². The van der Waals surface area contributed by atoms with E-state index in [0.29, 0.717) is 5.56 Å². The molecular formula is C20H24FN3O3. The van der Waals surface area contributed by atoms with E-state index in [9.17, 15) is 18.8 Å². The van der Waals surface area contributed by atoms with Crippen LogP contribution < -0.4 is 10.9 Å². The molecule has 7 heteroatoms. The Morgan fingerprint density at radius 2 is 1.81 bits per heavy atom. The lowest BCUT2D eigenvalue weighted by molar-refractivity contribution is -0.129. The molecule has 0 saturated heterocycles. The molecule has 144 valence electrons. The van der Waals surface area contributed by atoms with Gasteiger partial charge in [0.05, 0.1) is 0 Å². The lowest BCUT2D eigenvalue weighted by Gasteiger charge is -2.26. The van der Waals surface area contributed by atoms with Gasteiger partial charge in [-0.3, -0.25) is 14.4 Å². The zero-order chi connectivity index (χ0) is 20.2. The Morgan fingerprint density at radius 3 is 2.44 bits per heavy atom. The molecule has 0 atom stereocenters. The van der Waals surface area contributed by atoms with Gasteiger partial charge in [0.2, 0.25) is 5.91 Å². The van der Waals surface area contributed by atoms with Crippen molar-refractivity contribution in [3.05, 3.63) is 69.9 Å². The second kappa shape index (κ2) is 8.16. The molecule has 0 aliphatic rings. The minimum Gasteiger partial charge on any atom is -0.351 e. The second-order valence-corrected chi connectivity index (χ2v) is 7.19. The molecule has 2 amide bonds. The molecule has 1 aromatic carbocycles. The molecule has 0 aliphatic carbocycles. The third-order valence-corrected chi connectivity index (χ3v) is 4.36. The highest BCUT2D eigenvalue weighted by atomic mass is 19.1. The van der Waals surface area contributed by atoms with E-state index in [1.165, 1.54) is 27.8 Å². The maximum atomic E-state index is 14.0. The molecule has 0 aliphatic heterocycles. The monoisotopic (exact) mass is 373 g/mol. The number of nitrogens with one attached hydrogen (secondary N) is 1. The third kappa shape index (κ3) is 4.81. The number of rotatable bonds is 6. The molecule has 0 radical (unpaired) electrons. The summed E-state index contributed by atoms with van der Waals surface area (Å²) in [6.45, 7) is 3.63.